The van der Waals surface area contributed by atoms with Crippen molar-refractivity contribution in [3.05, 3.63) is 473 Å². The van der Waals surface area contributed by atoms with E-state index in [1.807, 2.05) is 51.4 Å². The van der Waals surface area contributed by atoms with Gasteiger partial charge in [-0.05, 0) is 168 Å². The van der Waals surface area contributed by atoms with Crippen LogP contribution in [0.25, 0.3) is 275 Å². The Hall–Kier alpha value is -17.3. The van der Waals surface area contributed by atoms with Gasteiger partial charge in [-0.3, -0.25) is 0 Å². The Bertz CT molecular complexity index is 10200. The lowest BCUT2D eigenvalue weighted by molar-refractivity contribution is 0.673. The number of nitrogens with zero attached hydrogens (tertiary/aromatic N) is 6. The molecule has 11 aromatic heterocycles. The van der Waals surface area contributed by atoms with E-state index in [-0.39, 0.29) is 0 Å². The molecular formula is C129H78N6OS4. The highest BCUT2D eigenvalue weighted by molar-refractivity contribution is 7.27. The van der Waals surface area contributed by atoms with Gasteiger partial charge < -0.3 is 18.1 Å². The average molecular weight is 1860 g/mol. The Morgan fingerprint density at radius 3 is 1.06 bits per heavy atom. The average Bonchev–Trinajstić information content (AvgIpc) is 1.57. The van der Waals surface area contributed by atoms with Gasteiger partial charge in [0.1, 0.15) is 11.2 Å². The smallest absolute Gasteiger partial charge is 0.145 e. The van der Waals surface area contributed by atoms with E-state index in [9.17, 15) is 0 Å². The maximum Gasteiger partial charge on any atom is 0.145 e. The van der Waals surface area contributed by atoms with Crippen LogP contribution in [0.15, 0.2) is 478 Å². The van der Waals surface area contributed by atoms with Crippen LogP contribution < -0.4 is 0 Å². The molecule has 0 spiro atoms. The topological polar surface area (TPSA) is 66.6 Å². The number of hydrogen-bond acceptors (Lipinski definition) is 8. The third-order valence-electron chi connectivity index (χ3n) is 27.8. The summed E-state index contributed by atoms with van der Waals surface area (Å²) in [7, 11) is 0. The van der Waals surface area contributed by atoms with Gasteiger partial charge in [-0.1, -0.05) is 328 Å². The molecule has 0 radical (unpaired) electrons. The SMILES string of the molecule is c1ccc(-c2cc(-n3c4ccccc4c4c5oc6ccccc6c5ccc43)cc(-c3ccc4sc5ccccc5c4c3)n2)cc1.c1ccc(-c2cc(-n3c4ccccc4c4c5sc6ccccc6c5ccc43)cc(-c3ccc4c(c3)sc3ccccc34)n2)cc1.c1ccc(-c2ccc(-c3cc(-c4cccc5c4c4ccccc4n5-c4ccccc4)cc(-c4ccc5c(c4)sc4ccccc45)n3)cc2)cc1. The zero-order valence-corrected chi connectivity index (χ0v) is 78.5. The molecule has 19 aromatic carbocycles. The molecule has 11 heteroatoms. The minimum atomic E-state index is 0.908. The van der Waals surface area contributed by atoms with Crippen molar-refractivity contribution in [3.8, 4) is 107 Å². The molecule has 0 aliphatic carbocycles. The van der Waals surface area contributed by atoms with Crippen molar-refractivity contribution in [1.82, 2.24) is 28.7 Å². The van der Waals surface area contributed by atoms with Crippen LogP contribution in [0.3, 0.4) is 0 Å². The summed E-state index contributed by atoms with van der Waals surface area (Å²) in [5.41, 5.74) is 29.3. The largest absolute Gasteiger partial charge is 0.455 e. The molecule has 0 fully saturated rings. The van der Waals surface area contributed by atoms with Gasteiger partial charge in [0, 0.05) is 157 Å². The third-order valence-corrected chi connectivity index (χ3v) is 32.4. The number of pyridine rings is 3. The van der Waals surface area contributed by atoms with Crippen molar-refractivity contribution in [2.45, 2.75) is 0 Å². The normalized spacial score (nSPS) is 11.9. The predicted octanol–water partition coefficient (Wildman–Crippen LogP) is 37.2. The van der Waals surface area contributed by atoms with Crippen LogP contribution in [0.2, 0.25) is 0 Å². The van der Waals surface area contributed by atoms with Crippen molar-refractivity contribution >= 4 is 213 Å². The molecule has 140 heavy (non-hydrogen) atoms. The van der Waals surface area contributed by atoms with Gasteiger partial charge in [-0.2, -0.15) is 0 Å². The summed E-state index contributed by atoms with van der Waals surface area (Å²) in [6, 6.07) is 170. The van der Waals surface area contributed by atoms with Gasteiger partial charge in [-0.15, -0.1) is 45.3 Å². The Morgan fingerprint density at radius 2 is 0.507 bits per heavy atom. The summed E-state index contributed by atoms with van der Waals surface area (Å²) in [5, 5.41) is 20.1. The quantitative estimate of drug-likeness (QED) is 0.129. The standard InChI is InChI=1S/C47H30N2S.C41H24N2OS.C41H24N2S2/c1-3-12-31(13-4-1)32-22-24-33(25-23-32)41-28-35(29-42(48-41)34-26-27-39-38-16-8-10-21-45(38)50-46(39)30-34)37-18-11-20-44-47(37)40-17-7-9-19-43(40)49(44)36-14-5-2-6-15-36;1-2-10-25(11-3-1)33-23-27(24-34(42-33)26-18-21-39-32(22-26)29-13-6-9-17-38(29)45-39)43-35-15-7-4-14-31(35)40-36(43)20-19-30-28-12-5-8-16-37(28)44-41(30)40;1-2-10-25(11-3-1)33-23-27(24-34(42-33)26-18-19-30-28-12-5-8-16-37(28)44-39(30)22-26)43-35-15-7-4-14-32(35)40-36(43)21-20-31-29-13-6-9-17-38(29)45-41(31)40/h1-30H;2*1-24H. The summed E-state index contributed by atoms with van der Waals surface area (Å²) in [4.78, 5) is 15.9. The lowest BCUT2D eigenvalue weighted by Crippen LogP contribution is -1.98. The highest BCUT2D eigenvalue weighted by atomic mass is 32.1. The minimum Gasteiger partial charge on any atom is -0.455 e. The van der Waals surface area contributed by atoms with Gasteiger partial charge in [0.15, 0.2) is 0 Å². The molecule has 0 saturated carbocycles. The molecule has 30 rings (SSSR count). The monoisotopic (exact) mass is 1850 g/mol. The van der Waals surface area contributed by atoms with Crippen LogP contribution in [0.4, 0.5) is 0 Å². The van der Waals surface area contributed by atoms with Gasteiger partial charge >= 0.3 is 0 Å². The highest BCUT2D eigenvalue weighted by Gasteiger charge is 2.26. The second-order valence-corrected chi connectivity index (χ2v) is 40.2. The Labute approximate surface area is 819 Å². The van der Waals surface area contributed by atoms with E-state index in [0.717, 1.165) is 129 Å². The number of fused-ring (bicyclic) bond motifs is 26. The van der Waals surface area contributed by atoms with E-state index < -0.39 is 0 Å². The van der Waals surface area contributed by atoms with E-state index in [0.29, 0.717) is 0 Å². The fourth-order valence-corrected chi connectivity index (χ4v) is 26.0. The molecular weight excluding hydrogens is 1780 g/mol. The second-order valence-electron chi connectivity index (χ2n) is 35.9. The van der Waals surface area contributed by atoms with E-state index >= 15 is 0 Å². The van der Waals surface area contributed by atoms with E-state index in [4.69, 9.17) is 19.4 Å². The number of hydrogen-bond donors (Lipinski definition) is 0. The zero-order chi connectivity index (χ0) is 92.0. The minimum absolute atomic E-state index is 0.908. The first-order valence-electron chi connectivity index (χ1n) is 47.2. The predicted molar refractivity (Wildman–Crippen MR) is 598 cm³/mol. The van der Waals surface area contributed by atoms with E-state index in [1.54, 1.807) is 0 Å². The van der Waals surface area contributed by atoms with E-state index in [1.165, 1.54) is 146 Å². The molecule has 654 valence electrons. The lowest BCUT2D eigenvalue weighted by Gasteiger charge is -2.13. The zero-order valence-electron chi connectivity index (χ0n) is 75.3. The lowest BCUT2D eigenvalue weighted by atomic mass is 9.95. The number of para-hydroxylation sites is 5. The Kier molecular flexibility index (Phi) is 19.3. The molecule has 7 nitrogen and oxygen atoms in total. The van der Waals surface area contributed by atoms with Crippen LogP contribution in [0.5, 0.6) is 0 Å². The summed E-state index contributed by atoms with van der Waals surface area (Å²) >= 11 is 7.42. The number of aromatic nitrogens is 6. The maximum absolute atomic E-state index is 6.55. The molecule has 0 aliphatic heterocycles. The molecule has 0 N–H and O–H groups in total. The van der Waals surface area contributed by atoms with Gasteiger partial charge in [0.2, 0.25) is 0 Å². The molecule has 0 saturated heterocycles. The second kappa shape index (κ2) is 33.3. The molecule has 30 aromatic rings. The summed E-state index contributed by atoms with van der Waals surface area (Å²) in [5.74, 6) is 0. The molecule has 11 heterocycles. The van der Waals surface area contributed by atoms with Crippen LogP contribution in [-0.2, 0) is 0 Å². The third kappa shape index (κ3) is 13.7. The van der Waals surface area contributed by atoms with Crippen LogP contribution in [0, 0.1) is 0 Å². The summed E-state index contributed by atoms with van der Waals surface area (Å²) in [6.07, 6.45) is 0. The molecule has 0 amide bonds. The Morgan fingerprint density at radius 1 is 0.171 bits per heavy atom. The fourth-order valence-electron chi connectivity index (χ4n) is 21.3. The number of thiophene rings is 4. The molecule has 0 aliphatic rings. The first-order valence-corrected chi connectivity index (χ1v) is 50.5. The summed E-state index contributed by atoms with van der Waals surface area (Å²) < 4.78 is 24.2. The van der Waals surface area contributed by atoms with E-state index in [2.05, 4.69) is 481 Å². The van der Waals surface area contributed by atoms with Crippen LogP contribution >= 0.6 is 45.3 Å². The fraction of sp³-hybridized carbons (Fsp3) is 0. The number of benzene rings is 19. The maximum atomic E-state index is 6.55. The van der Waals surface area contributed by atoms with Crippen molar-refractivity contribution in [2.75, 3.05) is 0 Å². The first-order chi connectivity index (χ1) is 69.4. The van der Waals surface area contributed by atoms with Crippen molar-refractivity contribution in [1.29, 1.82) is 0 Å². The number of rotatable bonds is 11. The van der Waals surface area contributed by atoms with Crippen LogP contribution in [-0.4, -0.2) is 28.7 Å². The molecule has 0 atom stereocenters. The number of furan rings is 1. The van der Waals surface area contributed by atoms with Crippen molar-refractivity contribution in [2.24, 2.45) is 0 Å². The first kappa shape index (κ1) is 81.1. The Balaban J connectivity index is 0.000000103. The van der Waals surface area contributed by atoms with Gasteiger partial charge in [-0.25, -0.2) is 15.0 Å². The van der Waals surface area contributed by atoms with Gasteiger partial charge in [0.25, 0.3) is 0 Å². The molecule has 0 bridgehead atoms. The van der Waals surface area contributed by atoms with Crippen molar-refractivity contribution in [3.63, 3.8) is 0 Å². The van der Waals surface area contributed by atoms with Crippen LogP contribution in [0.1, 0.15) is 0 Å². The summed E-state index contributed by atoms with van der Waals surface area (Å²) in [6.45, 7) is 0. The van der Waals surface area contributed by atoms with Crippen molar-refractivity contribution < 1.29 is 4.42 Å². The molecule has 0 unspecified atom stereocenters. The highest BCUT2D eigenvalue weighted by Crippen LogP contribution is 2.50. The van der Waals surface area contributed by atoms with Gasteiger partial charge in [0.05, 0.1) is 84.0 Å².